The van der Waals surface area contributed by atoms with E-state index in [0.717, 1.165) is 30.5 Å². The van der Waals surface area contributed by atoms with Gasteiger partial charge in [-0.3, -0.25) is 4.79 Å². The average Bonchev–Trinajstić information content (AvgIpc) is 2.72. The van der Waals surface area contributed by atoms with Crippen LogP contribution < -0.4 is 5.32 Å². The number of hydrogen-bond acceptors (Lipinski definition) is 5. The molecule has 8 heteroatoms. The normalized spacial score (nSPS) is 15.3. The molecule has 150 valence electrons. The Kier molecular flexibility index (Phi) is 6.74. The lowest BCUT2D eigenvalue weighted by Gasteiger charge is -2.25. The van der Waals surface area contributed by atoms with Crippen LogP contribution in [0.15, 0.2) is 41.4 Å². The molecule has 1 saturated heterocycles. The van der Waals surface area contributed by atoms with Crippen molar-refractivity contribution in [1.29, 1.82) is 0 Å². The molecule has 2 aromatic rings. The van der Waals surface area contributed by atoms with Crippen LogP contribution in [0.4, 0.5) is 0 Å². The summed E-state index contributed by atoms with van der Waals surface area (Å²) in [5.74, 6) is 0.604. The molecular formula is C20H26N4O3S. The number of nitrogens with zero attached hydrogens (tertiary/aromatic N) is 3. The quantitative estimate of drug-likeness (QED) is 0.767. The van der Waals surface area contributed by atoms with Crippen LogP contribution in [0.1, 0.15) is 42.8 Å². The number of aromatic nitrogens is 2. The molecule has 1 amide bonds. The minimum absolute atomic E-state index is 0.0683. The molecule has 1 aromatic carbocycles. The van der Waals surface area contributed by atoms with Crippen LogP contribution in [0.5, 0.6) is 0 Å². The third-order valence-electron chi connectivity index (χ3n) is 4.82. The van der Waals surface area contributed by atoms with Crippen molar-refractivity contribution in [1.82, 2.24) is 19.6 Å². The van der Waals surface area contributed by atoms with E-state index in [1.807, 2.05) is 0 Å². The van der Waals surface area contributed by atoms with E-state index in [9.17, 15) is 13.2 Å². The fourth-order valence-electron chi connectivity index (χ4n) is 3.22. The van der Waals surface area contributed by atoms with Gasteiger partial charge in [0.1, 0.15) is 5.82 Å². The zero-order valence-corrected chi connectivity index (χ0v) is 16.9. The SMILES string of the molecule is Cc1nccc(CNC(=O)CCc2ccc(S(=O)(=O)N3CCCCC3)cc2)n1. The Labute approximate surface area is 166 Å². The highest BCUT2D eigenvalue weighted by Gasteiger charge is 2.25. The third kappa shape index (κ3) is 5.36. The number of piperidine rings is 1. The minimum Gasteiger partial charge on any atom is -0.350 e. The highest BCUT2D eigenvalue weighted by atomic mass is 32.2. The van der Waals surface area contributed by atoms with Crippen molar-refractivity contribution in [3.63, 3.8) is 0 Å². The number of nitrogens with one attached hydrogen (secondary N) is 1. The Bertz CT molecular complexity index is 907. The van der Waals surface area contributed by atoms with Gasteiger partial charge in [0, 0.05) is 25.7 Å². The second-order valence-corrected chi connectivity index (χ2v) is 8.92. The number of sulfonamides is 1. The van der Waals surface area contributed by atoms with Crippen molar-refractivity contribution in [2.24, 2.45) is 0 Å². The zero-order chi connectivity index (χ0) is 20.0. The van der Waals surface area contributed by atoms with Gasteiger partial charge in [0.05, 0.1) is 17.1 Å². The van der Waals surface area contributed by atoms with Crippen molar-refractivity contribution in [3.8, 4) is 0 Å². The lowest BCUT2D eigenvalue weighted by atomic mass is 10.1. The Morgan fingerprint density at radius 3 is 2.50 bits per heavy atom. The number of hydrogen-bond donors (Lipinski definition) is 1. The molecule has 0 atom stereocenters. The van der Waals surface area contributed by atoms with Crippen molar-refractivity contribution >= 4 is 15.9 Å². The predicted octanol–water partition coefficient (Wildman–Crippen LogP) is 2.21. The van der Waals surface area contributed by atoms with E-state index < -0.39 is 10.0 Å². The maximum absolute atomic E-state index is 12.7. The molecule has 0 spiro atoms. The Morgan fingerprint density at radius 1 is 1.11 bits per heavy atom. The molecule has 3 rings (SSSR count). The van der Waals surface area contributed by atoms with E-state index in [4.69, 9.17) is 0 Å². The summed E-state index contributed by atoms with van der Waals surface area (Å²) in [5, 5.41) is 2.84. The smallest absolute Gasteiger partial charge is 0.243 e. The average molecular weight is 403 g/mol. The molecule has 1 fully saturated rings. The van der Waals surface area contributed by atoms with Gasteiger partial charge in [-0.1, -0.05) is 18.6 Å². The summed E-state index contributed by atoms with van der Waals surface area (Å²) in [7, 11) is -3.41. The van der Waals surface area contributed by atoms with Crippen LogP contribution >= 0.6 is 0 Å². The first-order chi connectivity index (χ1) is 13.4. The fourth-order valence-corrected chi connectivity index (χ4v) is 4.74. The molecule has 0 saturated carbocycles. The molecule has 0 bridgehead atoms. The number of aryl methyl sites for hydroxylation is 2. The van der Waals surface area contributed by atoms with E-state index in [-0.39, 0.29) is 5.91 Å². The van der Waals surface area contributed by atoms with Crippen molar-refractivity contribution < 1.29 is 13.2 Å². The zero-order valence-electron chi connectivity index (χ0n) is 16.1. The first-order valence-corrected chi connectivity index (χ1v) is 11.0. The van der Waals surface area contributed by atoms with Gasteiger partial charge in [0.15, 0.2) is 0 Å². The summed E-state index contributed by atoms with van der Waals surface area (Å²) in [6.07, 6.45) is 5.48. The molecule has 1 aliphatic rings. The topological polar surface area (TPSA) is 92.3 Å². The summed E-state index contributed by atoms with van der Waals surface area (Å²) < 4.78 is 26.9. The van der Waals surface area contributed by atoms with Gasteiger partial charge in [-0.25, -0.2) is 18.4 Å². The summed E-state index contributed by atoms with van der Waals surface area (Å²) >= 11 is 0. The molecular weight excluding hydrogens is 376 g/mol. The monoisotopic (exact) mass is 402 g/mol. The van der Waals surface area contributed by atoms with E-state index >= 15 is 0 Å². The van der Waals surface area contributed by atoms with Gasteiger partial charge in [0.25, 0.3) is 0 Å². The second kappa shape index (κ2) is 9.25. The van der Waals surface area contributed by atoms with Crippen LogP contribution in [0.25, 0.3) is 0 Å². The van der Waals surface area contributed by atoms with Crippen LogP contribution in [-0.2, 0) is 27.8 Å². The lowest BCUT2D eigenvalue weighted by molar-refractivity contribution is -0.121. The van der Waals surface area contributed by atoms with Gasteiger partial charge in [0.2, 0.25) is 15.9 Å². The van der Waals surface area contributed by atoms with Gasteiger partial charge in [-0.15, -0.1) is 0 Å². The highest BCUT2D eigenvalue weighted by molar-refractivity contribution is 7.89. The molecule has 1 N–H and O–H groups in total. The number of rotatable bonds is 7. The second-order valence-electron chi connectivity index (χ2n) is 6.98. The molecule has 2 heterocycles. The highest BCUT2D eigenvalue weighted by Crippen LogP contribution is 2.21. The number of amides is 1. The van der Waals surface area contributed by atoms with Crippen molar-refractivity contribution in [2.45, 2.75) is 50.5 Å². The lowest BCUT2D eigenvalue weighted by Crippen LogP contribution is -2.35. The van der Waals surface area contributed by atoms with Crippen LogP contribution in [0, 0.1) is 6.92 Å². The molecule has 1 aromatic heterocycles. The van der Waals surface area contributed by atoms with Gasteiger partial charge >= 0.3 is 0 Å². The van der Waals surface area contributed by atoms with E-state index in [1.54, 1.807) is 47.8 Å². The van der Waals surface area contributed by atoms with Gasteiger partial charge < -0.3 is 5.32 Å². The van der Waals surface area contributed by atoms with Crippen LogP contribution in [0.2, 0.25) is 0 Å². The molecule has 0 radical (unpaired) electrons. The van der Waals surface area contributed by atoms with Crippen molar-refractivity contribution in [3.05, 3.63) is 53.6 Å². The standard InChI is InChI=1S/C20H26N4O3S/c1-16-21-12-11-18(23-16)15-22-20(25)10-7-17-5-8-19(9-6-17)28(26,27)24-13-3-2-4-14-24/h5-6,8-9,11-12H,2-4,7,10,13-15H2,1H3,(H,22,25). The molecule has 1 aliphatic heterocycles. The summed E-state index contributed by atoms with van der Waals surface area (Å²) in [6, 6.07) is 8.63. The van der Waals surface area contributed by atoms with Crippen LogP contribution in [0.3, 0.4) is 0 Å². The first kappa shape index (κ1) is 20.4. The maximum atomic E-state index is 12.7. The molecule has 28 heavy (non-hydrogen) atoms. The predicted molar refractivity (Wildman–Crippen MR) is 106 cm³/mol. The van der Waals surface area contributed by atoms with E-state index in [0.29, 0.717) is 43.2 Å². The number of benzene rings is 1. The largest absolute Gasteiger partial charge is 0.350 e. The fraction of sp³-hybridized carbons (Fsp3) is 0.450. The number of carbonyl (C=O) groups excluding carboxylic acids is 1. The molecule has 7 nitrogen and oxygen atoms in total. The Balaban J connectivity index is 1.50. The first-order valence-electron chi connectivity index (χ1n) is 9.59. The molecule has 0 unspecified atom stereocenters. The summed E-state index contributed by atoms with van der Waals surface area (Å²) in [6.45, 7) is 3.36. The van der Waals surface area contributed by atoms with Gasteiger partial charge in [-0.2, -0.15) is 4.31 Å². The van der Waals surface area contributed by atoms with Crippen molar-refractivity contribution in [2.75, 3.05) is 13.1 Å². The van der Waals surface area contributed by atoms with E-state index in [1.165, 1.54) is 0 Å². The summed E-state index contributed by atoms with van der Waals surface area (Å²) in [5.41, 5.74) is 1.71. The van der Waals surface area contributed by atoms with E-state index in [2.05, 4.69) is 15.3 Å². The van der Waals surface area contributed by atoms with Gasteiger partial charge in [-0.05, 0) is 49.9 Å². The van der Waals surface area contributed by atoms with Crippen LogP contribution in [-0.4, -0.2) is 41.7 Å². The minimum atomic E-state index is -3.41. The Morgan fingerprint density at radius 2 is 1.82 bits per heavy atom. The molecule has 0 aliphatic carbocycles. The number of carbonyl (C=O) groups is 1. The third-order valence-corrected chi connectivity index (χ3v) is 6.73. The summed E-state index contributed by atoms with van der Waals surface area (Å²) in [4.78, 5) is 20.6. The Hall–Kier alpha value is -2.32. The maximum Gasteiger partial charge on any atom is 0.243 e.